The van der Waals surface area contributed by atoms with Gasteiger partial charge in [0.15, 0.2) is 5.75 Å². The van der Waals surface area contributed by atoms with Gasteiger partial charge in [0.05, 0.1) is 11.8 Å². The van der Waals surface area contributed by atoms with Crippen molar-refractivity contribution in [1.82, 2.24) is 9.97 Å². The number of nitrogens with zero attached hydrogens (tertiary/aromatic N) is 2. The molecule has 0 saturated carbocycles. The summed E-state index contributed by atoms with van der Waals surface area (Å²) in [6, 6.07) is 2.85. The fourth-order valence-electron chi connectivity index (χ4n) is 1.80. The molecular weight excluding hydrogens is 304 g/mol. The Morgan fingerprint density at radius 2 is 2.00 bits per heavy atom. The molecule has 0 aliphatic heterocycles. The molecule has 0 aliphatic carbocycles. The molecule has 0 fully saturated rings. The molecule has 1 amide bonds. The molecule has 2 aromatic heterocycles. The number of rotatable bonds is 4. The van der Waals surface area contributed by atoms with E-state index in [9.17, 15) is 13.6 Å². The number of amides is 1. The second kappa shape index (κ2) is 6.01. The number of carbonyl (C=O) groups excluding carboxylic acids is 1. The second-order valence-corrected chi connectivity index (χ2v) is 4.50. The number of alkyl halides is 2. The number of aromatic nitrogens is 2. The monoisotopic (exact) mass is 313 g/mol. The molecule has 0 aromatic carbocycles. The van der Waals surface area contributed by atoms with Crippen LogP contribution in [-0.2, 0) is 0 Å². The molecule has 2 N–H and O–H groups in total. The highest BCUT2D eigenvalue weighted by Gasteiger charge is 2.18. The van der Waals surface area contributed by atoms with Gasteiger partial charge in [0, 0.05) is 23.0 Å². The summed E-state index contributed by atoms with van der Waals surface area (Å²) in [6.07, 6.45) is 2.33. The SMILES string of the molecule is Cc1cc(-c2cc(Cl)ncc2OC(F)F)c(C(N)=O)cn1. The Morgan fingerprint density at radius 3 is 2.62 bits per heavy atom. The van der Waals surface area contributed by atoms with Gasteiger partial charge in [-0.15, -0.1) is 0 Å². The zero-order chi connectivity index (χ0) is 15.6. The number of pyridine rings is 2. The summed E-state index contributed by atoms with van der Waals surface area (Å²) in [5, 5.41) is 0.0662. The highest BCUT2D eigenvalue weighted by Crippen LogP contribution is 2.34. The molecule has 0 radical (unpaired) electrons. The van der Waals surface area contributed by atoms with Gasteiger partial charge < -0.3 is 10.5 Å². The third-order valence-corrected chi connectivity index (χ3v) is 2.85. The van der Waals surface area contributed by atoms with Crippen LogP contribution in [0.15, 0.2) is 24.5 Å². The maximum absolute atomic E-state index is 12.5. The minimum atomic E-state index is -3.04. The predicted octanol–water partition coefficient (Wildman–Crippen LogP) is 2.81. The van der Waals surface area contributed by atoms with Crippen LogP contribution in [0.5, 0.6) is 5.75 Å². The topological polar surface area (TPSA) is 78.1 Å². The smallest absolute Gasteiger partial charge is 0.387 e. The van der Waals surface area contributed by atoms with Gasteiger partial charge >= 0.3 is 6.61 Å². The number of halogens is 3. The Bertz CT molecular complexity index is 695. The minimum absolute atomic E-state index is 0.0662. The highest BCUT2D eigenvalue weighted by atomic mass is 35.5. The molecule has 0 saturated heterocycles. The molecule has 2 heterocycles. The van der Waals surface area contributed by atoms with Crippen molar-refractivity contribution in [1.29, 1.82) is 0 Å². The van der Waals surface area contributed by atoms with Crippen molar-refractivity contribution in [2.45, 2.75) is 13.5 Å². The molecule has 5 nitrogen and oxygen atoms in total. The third-order valence-electron chi connectivity index (χ3n) is 2.65. The molecule has 0 aliphatic rings. The fourth-order valence-corrected chi connectivity index (χ4v) is 1.95. The number of primary amides is 1. The number of hydrogen-bond acceptors (Lipinski definition) is 4. The van der Waals surface area contributed by atoms with Gasteiger partial charge in [0.2, 0.25) is 0 Å². The van der Waals surface area contributed by atoms with Gasteiger partial charge in [0.1, 0.15) is 5.15 Å². The van der Waals surface area contributed by atoms with E-state index in [0.29, 0.717) is 11.3 Å². The molecule has 0 bridgehead atoms. The van der Waals surface area contributed by atoms with Crippen LogP contribution in [0.25, 0.3) is 11.1 Å². The van der Waals surface area contributed by atoms with Crippen molar-refractivity contribution in [3.05, 3.63) is 40.9 Å². The van der Waals surface area contributed by atoms with Gasteiger partial charge in [-0.1, -0.05) is 11.6 Å². The van der Waals surface area contributed by atoms with E-state index in [4.69, 9.17) is 17.3 Å². The minimum Gasteiger partial charge on any atom is -0.433 e. The van der Waals surface area contributed by atoms with E-state index in [-0.39, 0.29) is 22.0 Å². The molecule has 21 heavy (non-hydrogen) atoms. The first-order valence-electron chi connectivity index (χ1n) is 5.75. The van der Waals surface area contributed by atoms with Gasteiger partial charge in [-0.25, -0.2) is 4.98 Å². The average Bonchev–Trinajstić information content (AvgIpc) is 2.39. The first kappa shape index (κ1) is 15.1. The second-order valence-electron chi connectivity index (χ2n) is 4.12. The van der Waals surface area contributed by atoms with Crippen LogP contribution in [-0.4, -0.2) is 22.5 Å². The molecule has 2 rings (SSSR count). The normalized spacial score (nSPS) is 10.7. The van der Waals surface area contributed by atoms with E-state index in [1.54, 1.807) is 6.92 Å². The lowest BCUT2D eigenvalue weighted by molar-refractivity contribution is -0.0496. The summed E-state index contributed by atoms with van der Waals surface area (Å²) >= 11 is 5.79. The molecule has 0 unspecified atom stereocenters. The summed E-state index contributed by atoms with van der Waals surface area (Å²) in [6.45, 7) is -1.35. The fraction of sp³-hybridized carbons (Fsp3) is 0.154. The first-order chi connectivity index (χ1) is 9.88. The average molecular weight is 314 g/mol. The van der Waals surface area contributed by atoms with Crippen LogP contribution in [0.1, 0.15) is 16.1 Å². The largest absolute Gasteiger partial charge is 0.433 e. The number of aryl methyl sites for hydroxylation is 1. The Balaban J connectivity index is 2.68. The van der Waals surface area contributed by atoms with Crippen LogP contribution in [0, 0.1) is 6.92 Å². The molecule has 8 heteroatoms. The van der Waals surface area contributed by atoms with E-state index in [1.807, 2.05) is 0 Å². The van der Waals surface area contributed by atoms with Gasteiger partial charge in [0.25, 0.3) is 5.91 Å². The number of carbonyl (C=O) groups is 1. The molecule has 0 spiro atoms. The van der Waals surface area contributed by atoms with E-state index in [2.05, 4.69) is 14.7 Å². The van der Waals surface area contributed by atoms with Crippen molar-refractivity contribution in [2.75, 3.05) is 0 Å². The third kappa shape index (κ3) is 3.43. The summed E-state index contributed by atoms with van der Waals surface area (Å²) in [4.78, 5) is 19.1. The zero-order valence-corrected chi connectivity index (χ0v) is 11.6. The van der Waals surface area contributed by atoms with Gasteiger partial charge in [-0.05, 0) is 19.1 Å². The lowest BCUT2D eigenvalue weighted by atomic mass is 10.0. The summed E-state index contributed by atoms with van der Waals surface area (Å²) < 4.78 is 29.3. The van der Waals surface area contributed by atoms with Crippen molar-refractivity contribution in [3.63, 3.8) is 0 Å². The van der Waals surface area contributed by atoms with Crippen LogP contribution in [0.2, 0.25) is 5.15 Å². The molecular formula is C13H10ClF2N3O2. The van der Waals surface area contributed by atoms with Crippen LogP contribution >= 0.6 is 11.6 Å². The molecule has 0 atom stereocenters. The standard InChI is InChI=1S/C13H10ClF2N3O2/c1-6-2-7(9(4-18-6)12(17)20)8-3-11(14)19-5-10(8)21-13(15)16/h2-5,13H,1H3,(H2,17,20). The quantitative estimate of drug-likeness (QED) is 0.880. The number of ether oxygens (including phenoxy) is 1. The van der Waals surface area contributed by atoms with Crippen molar-refractivity contribution < 1.29 is 18.3 Å². The van der Waals surface area contributed by atoms with Crippen molar-refractivity contribution in [3.8, 4) is 16.9 Å². The maximum Gasteiger partial charge on any atom is 0.387 e. The number of nitrogens with two attached hydrogens (primary N) is 1. The van der Waals surface area contributed by atoms with E-state index < -0.39 is 12.5 Å². The van der Waals surface area contributed by atoms with Gasteiger partial charge in [-0.2, -0.15) is 8.78 Å². The van der Waals surface area contributed by atoms with E-state index in [0.717, 1.165) is 6.20 Å². The van der Waals surface area contributed by atoms with Gasteiger partial charge in [-0.3, -0.25) is 9.78 Å². The van der Waals surface area contributed by atoms with E-state index >= 15 is 0 Å². The summed E-state index contributed by atoms with van der Waals surface area (Å²) in [7, 11) is 0. The van der Waals surface area contributed by atoms with Crippen molar-refractivity contribution in [2.24, 2.45) is 5.73 Å². The first-order valence-corrected chi connectivity index (χ1v) is 6.13. The lowest BCUT2D eigenvalue weighted by Gasteiger charge is -2.13. The zero-order valence-electron chi connectivity index (χ0n) is 10.8. The Kier molecular flexibility index (Phi) is 4.32. The van der Waals surface area contributed by atoms with Crippen LogP contribution in [0.3, 0.4) is 0 Å². The number of hydrogen-bond donors (Lipinski definition) is 1. The van der Waals surface area contributed by atoms with E-state index in [1.165, 1.54) is 18.3 Å². The Hall–Kier alpha value is -2.28. The molecule has 2 aromatic rings. The summed E-state index contributed by atoms with van der Waals surface area (Å²) in [5.41, 5.74) is 6.41. The predicted molar refractivity (Wildman–Crippen MR) is 72.4 cm³/mol. The highest BCUT2D eigenvalue weighted by molar-refractivity contribution is 6.29. The summed E-state index contributed by atoms with van der Waals surface area (Å²) in [5.74, 6) is -0.948. The molecule has 110 valence electrons. The van der Waals surface area contributed by atoms with Crippen molar-refractivity contribution >= 4 is 17.5 Å². The lowest BCUT2D eigenvalue weighted by Crippen LogP contribution is -2.13. The van der Waals surface area contributed by atoms with Crippen LogP contribution < -0.4 is 10.5 Å². The Morgan fingerprint density at radius 1 is 1.29 bits per heavy atom. The maximum atomic E-state index is 12.5. The van der Waals surface area contributed by atoms with Crippen LogP contribution in [0.4, 0.5) is 8.78 Å². The Labute approximate surface area is 123 Å².